The minimum atomic E-state index is -4.50. The van der Waals surface area contributed by atoms with E-state index >= 15 is 0 Å². The standard InChI is InChI=1S/C32H53N8O11P/c1-30(2,3)48-21(41)15-19(38-29(43)51-31(4,5)6)27(42)39-52(44,45-14-12-10-9-11-13-33)46-16-20-23-24(50-32(7,8)49-23)28(47-20)40-18-37-22-25(34)35-17-36-26(22)40/h17-20,23-24,28H,9-16,33H2,1-8H3,(H,38,43)(H2,34,35,36)(H,39,42,44)/t19-,20+,23+,24+,28+,52?/m0/s1. The minimum Gasteiger partial charge on any atom is -0.460 e. The van der Waals surface area contributed by atoms with Gasteiger partial charge in [-0.05, 0) is 74.8 Å². The van der Waals surface area contributed by atoms with Crippen molar-refractivity contribution in [1.82, 2.24) is 29.9 Å². The zero-order valence-corrected chi connectivity index (χ0v) is 32.0. The number of aromatic nitrogens is 4. The molecule has 2 amide bonds. The van der Waals surface area contributed by atoms with Gasteiger partial charge in [-0.3, -0.25) is 28.3 Å². The van der Waals surface area contributed by atoms with Gasteiger partial charge in [0.2, 0.25) is 0 Å². The van der Waals surface area contributed by atoms with Crippen molar-refractivity contribution in [2.45, 2.75) is 135 Å². The van der Waals surface area contributed by atoms with Gasteiger partial charge in [0.05, 0.1) is 26.0 Å². The summed E-state index contributed by atoms with van der Waals surface area (Å²) in [7, 11) is -4.50. The SMILES string of the molecule is CC(C)(C)OC(=O)C[C@H](NC(=O)OC(C)(C)C)C(=O)NP(=O)(OCCCCCCN)OC[C@H]1O[C@@H](n2cnc3c(N)ncnc32)[C@@H]2OC(C)(C)O[C@@H]21. The van der Waals surface area contributed by atoms with Gasteiger partial charge in [0.1, 0.15) is 47.4 Å². The molecule has 0 aliphatic carbocycles. The van der Waals surface area contributed by atoms with Crippen molar-refractivity contribution < 1.29 is 51.7 Å². The Morgan fingerprint density at radius 3 is 2.33 bits per heavy atom. The first-order valence-electron chi connectivity index (χ1n) is 17.3. The van der Waals surface area contributed by atoms with Crippen molar-refractivity contribution in [2.24, 2.45) is 5.73 Å². The van der Waals surface area contributed by atoms with Crippen molar-refractivity contribution in [3.8, 4) is 0 Å². The molecule has 2 aliphatic rings. The fourth-order valence-electron chi connectivity index (χ4n) is 5.55. The average molecular weight is 757 g/mol. The highest BCUT2D eigenvalue weighted by atomic mass is 31.2. The lowest BCUT2D eigenvalue weighted by molar-refractivity contribution is -0.199. The van der Waals surface area contributed by atoms with E-state index in [2.05, 4.69) is 25.4 Å². The monoisotopic (exact) mass is 756 g/mol. The van der Waals surface area contributed by atoms with Gasteiger partial charge in [-0.25, -0.2) is 24.3 Å². The van der Waals surface area contributed by atoms with Crippen molar-refractivity contribution in [2.75, 3.05) is 25.5 Å². The van der Waals surface area contributed by atoms with E-state index < -0.39 is 79.7 Å². The van der Waals surface area contributed by atoms with Crippen LogP contribution in [0.25, 0.3) is 11.2 Å². The van der Waals surface area contributed by atoms with E-state index in [1.807, 2.05) is 0 Å². The molecular formula is C32H53N8O11P. The summed E-state index contributed by atoms with van der Waals surface area (Å²) in [6.45, 7) is 13.5. The molecule has 0 spiro atoms. The number of rotatable bonds is 16. The van der Waals surface area contributed by atoms with Crippen molar-refractivity contribution >= 4 is 42.7 Å². The highest BCUT2D eigenvalue weighted by Gasteiger charge is 2.56. The molecular weight excluding hydrogens is 703 g/mol. The van der Waals surface area contributed by atoms with E-state index in [1.54, 1.807) is 60.0 Å². The van der Waals surface area contributed by atoms with Gasteiger partial charge in [-0.2, -0.15) is 0 Å². The van der Waals surface area contributed by atoms with Crippen molar-refractivity contribution in [1.29, 1.82) is 0 Å². The smallest absolute Gasteiger partial charge is 0.435 e. The summed E-state index contributed by atoms with van der Waals surface area (Å²) in [6.07, 6.45) is 0.954. The van der Waals surface area contributed by atoms with E-state index in [-0.39, 0.29) is 19.0 Å². The number of hydrogen-bond acceptors (Lipinski definition) is 16. The second-order valence-corrected chi connectivity index (χ2v) is 16.7. The number of imidazole rings is 1. The Bertz CT molecular complexity index is 1580. The Kier molecular flexibility index (Phi) is 13.3. The number of nitrogens with zero attached hydrogens (tertiary/aromatic N) is 4. The maximum absolute atomic E-state index is 14.3. The predicted molar refractivity (Wildman–Crippen MR) is 186 cm³/mol. The van der Waals surface area contributed by atoms with Crippen LogP contribution in [0.4, 0.5) is 10.6 Å². The number of anilines is 1. The van der Waals surface area contributed by atoms with Crippen LogP contribution < -0.4 is 21.9 Å². The Morgan fingerprint density at radius 2 is 1.65 bits per heavy atom. The topological polar surface area (TPSA) is 253 Å². The number of carbonyl (C=O) groups excluding carboxylic acids is 3. The molecule has 292 valence electrons. The number of nitrogens with two attached hydrogens (primary N) is 2. The molecule has 6 atom stereocenters. The van der Waals surface area contributed by atoms with Crippen LogP contribution >= 0.6 is 7.75 Å². The van der Waals surface area contributed by atoms with Crippen molar-refractivity contribution in [3.63, 3.8) is 0 Å². The van der Waals surface area contributed by atoms with Crippen LogP contribution in [0.3, 0.4) is 0 Å². The summed E-state index contributed by atoms with van der Waals surface area (Å²) >= 11 is 0. The molecule has 2 aromatic heterocycles. The molecule has 52 heavy (non-hydrogen) atoms. The van der Waals surface area contributed by atoms with Gasteiger partial charge in [0, 0.05) is 0 Å². The molecule has 4 rings (SSSR count). The average Bonchev–Trinajstić information content (AvgIpc) is 3.67. The maximum Gasteiger partial charge on any atom is 0.435 e. The third kappa shape index (κ3) is 11.5. The largest absolute Gasteiger partial charge is 0.460 e. The fraction of sp³-hybridized carbons (Fsp3) is 0.750. The van der Waals surface area contributed by atoms with Gasteiger partial charge < -0.3 is 40.5 Å². The molecule has 1 unspecified atom stereocenters. The Hall–Kier alpha value is -3.45. The van der Waals surface area contributed by atoms with Gasteiger partial charge in [0.25, 0.3) is 5.91 Å². The normalized spacial score (nSPS) is 23.1. The molecule has 2 aromatic rings. The molecule has 0 saturated carbocycles. The number of alkyl carbamates (subject to hydrolysis) is 1. The van der Waals surface area contributed by atoms with E-state index in [4.69, 9.17) is 44.2 Å². The Balaban J connectivity index is 1.55. The fourth-order valence-corrected chi connectivity index (χ4v) is 6.90. The van der Waals surface area contributed by atoms with E-state index in [1.165, 1.54) is 12.7 Å². The first kappa shape index (κ1) is 41.3. The molecule has 6 N–H and O–H groups in total. The summed E-state index contributed by atoms with van der Waals surface area (Å²) in [5.41, 5.74) is 10.6. The first-order valence-corrected chi connectivity index (χ1v) is 18.8. The van der Waals surface area contributed by atoms with Crippen LogP contribution in [0, 0.1) is 0 Å². The molecule has 2 fully saturated rings. The van der Waals surface area contributed by atoms with Crippen LogP contribution in [0.15, 0.2) is 12.7 Å². The molecule has 0 radical (unpaired) electrons. The molecule has 0 aromatic carbocycles. The number of esters is 1. The third-order valence-electron chi connectivity index (χ3n) is 7.60. The number of amides is 2. The lowest BCUT2D eigenvalue weighted by Crippen LogP contribution is -2.49. The third-order valence-corrected chi connectivity index (χ3v) is 9.11. The number of unbranched alkanes of at least 4 members (excludes halogenated alkanes) is 3. The number of carbonyl (C=O) groups is 3. The van der Waals surface area contributed by atoms with E-state index in [0.29, 0.717) is 24.1 Å². The summed E-state index contributed by atoms with van der Waals surface area (Å²) in [4.78, 5) is 51.8. The van der Waals surface area contributed by atoms with Gasteiger partial charge in [-0.15, -0.1) is 0 Å². The second kappa shape index (κ2) is 16.7. The van der Waals surface area contributed by atoms with Crippen LogP contribution in [0.5, 0.6) is 0 Å². The number of nitrogen functional groups attached to an aromatic ring is 1. The molecule has 4 heterocycles. The van der Waals surface area contributed by atoms with Crippen LogP contribution in [-0.4, -0.2) is 98.6 Å². The Labute approximate surface area is 303 Å². The van der Waals surface area contributed by atoms with E-state index in [9.17, 15) is 18.9 Å². The van der Waals surface area contributed by atoms with E-state index in [0.717, 1.165) is 19.3 Å². The lowest BCUT2D eigenvalue weighted by Gasteiger charge is -2.27. The zero-order valence-electron chi connectivity index (χ0n) is 31.1. The molecule has 2 saturated heterocycles. The number of nitrogens with one attached hydrogen (secondary N) is 2. The lowest BCUT2D eigenvalue weighted by atomic mass is 10.1. The molecule has 2 aliphatic heterocycles. The number of fused-ring (bicyclic) bond motifs is 2. The highest BCUT2D eigenvalue weighted by molar-refractivity contribution is 7.52. The summed E-state index contributed by atoms with van der Waals surface area (Å²) < 4.78 is 56.9. The number of ether oxygens (including phenoxy) is 5. The van der Waals surface area contributed by atoms with Gasteiger partial charge >= 0.3 is 19.8 Å². The predicted octanol–water partition coefficient (Wildman–Crippen LogP) is 3.23. The van der Waals surface area contributed by atoms with Crippen LogP contribution in [-0.2, 0) is 46.9 Å². The quantitative estimate of drug-likeness (QED) is 0.109. The molecule has 19 nitrogen and oxygen atoms in total. The van der Waals surface area contributed by atoms with Crippen LogP contribution in [0.1, 0.15) is 93.7 Å². The maximum atomic E-state index is 14.3. The molecule has 0 bridgehead atoms. The first-order chi connectivity index (χ1) is 24.2. The summed E-state index contributed by atoms with van der Waals surface area (Å²) in [5, 5.41) is 4.67. The molecule has 20 heteroatoms. The highest BCUT2D eigenvalue weighted by Crippen LogP contribution is 2.48. The summed E-state index contributed by atoms with van der Waals surface area (Å²) in [5.74, 6) is -2.66. The van der Waals surface area contributed by atoms with Gasteiger partial charge in [0.15, 0.2) is 23.5 Å². The number of hydrogen-bond donors (Lipinski definition) is 4. The summed E-state index contributed by atoms with van der Waals surface area (Å²) in [6, 6.07) is -1.57. The minimum absolute atomic E-state index is 0.0483. The Morgan fingerprint density at radius 1 is 0.981 bits per heavy atom. The second-order valence-electron chi connectivity index (χ2n) is 15.0. The van der Waals surface area contributed by atoms with Crippen LogP contribution in [0.2, 0.25) is 0 Å². The van der Waals surface area contributed by atoms with Gasteiger partial charge in [-0.1, -0.05) is 12.8 Å². The zero-order chi connectivity index (χ0) is 38.5. The van der Waals surface area contributed by atoms with Crippen molar-refractivity contribution in [3.05, 3.63) is 12.7 Å².